The fraction of sp³-hybridized carbons (Fsp3) is 0.875. The van der Waals surface area contributed by atoms with Gasteiger partial charge < -0.3 is 9.47 Å². The lowest BCUT2D eigenvalue weighted by atomic mass is 10.1. The van der Waals surface area contributed by atoms with E-state index in [1.807, 2.05) is 0 Å². The molecular formula is C8H12O3. The smallest absolute Gasteiger partial charge is 0.231 e. The minimum absolute atomic E-state index is 0.115. The normalized spacial score (nSPS) is 38.9. The number of fused-ring (bicyclic) bond motifs is 1. The van der Waals surface area contributed by atoms with Crippen molar-refractivity contribution < 1.29 is 14.3 Å². The number of methoxy groups -OCH3 is 2. The molecule has 0 spiro atoms. The van der Waals surface area contributed by atoms with Crippen LogP contribution < -0.4 is 0 Å². The van der Waals surface area contributed by atoms with Gasteiger partial charge in [-0.25, -0.2) is 0 Å². The average Bonchev–Trinajstić information content (AvgIpc) is 2.68. The molecule has 0 aromatic heterocycles. The molecule has 2 aliphatic rings. The molecule has 0 aromatic rings. The van der Waals surface area contributed by atoms with Crippen molar-refractivity contribution in [2.24, 2.45) is 11.8 Å². The van der Waals surface area contributed by atoms with Crippen LogP contribution in [0.4, 0.5) is 0 Å². The van der Waals surface area contributed by atoms with E-state index in [2.05, 4.69) is 0 Å². The monoisotopic (exact) mass is 156 g/mol. The topological polar surface area (TPSA) is 35.5 Å². The predicted molar refractivity (Wildman–Crippen MR) is 38.0 cm³/mol. The Balaban J connectivity index is 2.25. The quantitative estimate of drug-likeness (QED) is 0.549. The van der Waals surface area contributed by atoms with Crippen LogP contribution in [-0.4, -0.2) is 25.8 Å². The fourth-order valence-electron chi connectivity index (χ4n) is 2.14. The highest BCUT2D eigenvalue weighted by molar-refractivity contribution is 5.90. The second kappa shape index (κ2) is 2.05. The standard InChI is InChI=1S/C8H12O3/c1-10-8(11-2)6-3-5(6)4-7(8)9/h5-6H,3-4H2,1-2H3/t5-,6-/m1/s1. The second-order valence-corrected chi connectivity index (χ2v) is 3.31. The van der Waals surface area contributed by atoms with Crippen LogP contribution in [0.3, 0.4) is 0 Å². The number of hydrogen-bond acceptors (Lipinski definition) is 3. The number of ether oxygens (including phenoxy) is 2. The first kappa shape index (κ1) is 7.25. The summed E-state index contributed by atoms with van der Waals surface area (Å²) in [6.45, 7) is 0. The summed E-state index contributed by atoms with van der Waals surface area (Å²) in [5.74, 6) is 0.126. The number of Topliss-reactive ketones (excluding diaryl/α,β-unsaturated/α-hetero) is 1. The molecule has 0 aromatic carbocycles. The van der Waals surface area contributed by atoms with E-state index in [9.17, 15) is 4.79 Å². The molecule has 2 aliphatic carbocycles. The Labute approximate surface area is 65.7 Å². The molecule has 0 radical (unpaired) electrons. The van der Waals surface area contributed by atoms with E-state index >= 15 is 0 Å². The zero-order valence-electron chi connectivity index (χ0n) is 6.79. The number of hydrogen-bond donors (Lipinski definition) is 0. The third-order valence-corrected chi connectivity index (χ3v) is 2.85. The molecule has 0 bridgehead atoms. The number of carbonyl (C=O) groups is 1. The highest BCUT2D eigenvalue weighted by atomic mass is 16.7. The van der Waals surface area contributed by atoms with Gasteiger partial charge in [-0.1, -0.05) is 0 Å². The third kappa shape index (κ3) is 0.726. The van der Waals surface area contributed by atoms with Crippen LogP contribution in [0.2, 0.25) is 0 Å². The van der Waals surface area contributed by atoms with Gasteiger partial charge in [-0.05, 0) is 12.3 Å². The van der Waals surface area contributed by atoms with Crippen LogP contribution in [0.1, 0.15) is 12.8 Å². The Morgan fingerprint density at radius 2 is 2.09 bits per heavy atom. The van der Waals surface area contributed by atoms with Gasteiger partial charge in [0.05, 0.1) is 0 Å². The zero-order valence-corrected chi connectivity index (χ0v) is 6.79. The van der Waals surface area contributed by atoms with E-state index in [4.69, 9.17) is 9.47 Å². The van der Waals surface area contributed by atoms with Crippen molar-refractivity contribution in [2.45, 2.75) is 18.6 Å². The third-order valence-electron chi connectivity index (χ3n) is 2.85. The van der Waals surface area contributed by atoms with Gasteiger partial charge in [0.25, 0.3) is 0 Å². The zero-order chi connectivity index (χ0) is 8.06. The summed E-state index contributed by atoms with van der Waals surface area (Å²) in [4.78, 5) is 11.3. The van der Waals surface area contributed by atoms with Crippen molar-refractivity contribution in [2.75, 3.05) is 14.2 Å². The number of carbonyl (C=O) groups excluding carboxylic acids is 1. The lowest BCUT2D eigenvalue weighted by Gasteiger charge is -2.25. The SMILES string of the molecule is COC1(OC)C(=O)C[C@H]2C[C@H]21. The molecule has 0 amide bonds. The summed E-state index contributed by atoms with van der Waals surface area (Å²) in [7, 11) is 3.09. The maximum Gasteiger partial charge on any atom is 0.231 e. The van der Waals surface area contributed by atoms with E-state index in [0.29, 0.717) is 18.3 Å². The first-order valence-electron chi connectivity index (χ1n) is 3.88. The van der Waals surface area contributed by atoms with Crippen LogP contribution in [0, 0.1) is 11.8 Å². The minimum atomic E-state index is -0.870. The molecule has 0 heterocycles. The van der Waals surface area contributed by atoms with Crippen LogP contribution in [0.25, 0.3) is 0 Å². The van der Waals surface area contributed by atoms with Crippen molar-refractivity contribution >= 4 is 5.78 Å². The largest absolute Gasteiger partial charge is 0.347 e. The van der Waals surface area contributed by atoms with Gasteiger partial charge in [-0.2, -0.15) is 0 Å². The van der Waals surface area contributed by atoms with E-state index in [-0.39, 0.29) is 5.78 Å². The number of ketones is 1. The van der Waals surface area contributed by atoms with Crippen LogP contribution >= 0.6 is 0 Å². The van der Waals surface area contributed by atoms with Gasteiger partial charge in [0, 0.05) is 26.6 Å². The van der Waals surface area contributed by atoms with Crippen molar-refractivity contribution in [3.05, 3.63) is 0 Å². The van der Waals surface area contributed by atoms with E-state index in [0.717, 1.165) is 6.42 Å². The molecule has 2 rings (SSSR count). The minimum Gasteiger partial charge on any atom is -0.347 e. The molecule has 2 fully saturated rings. The summed E-state index contributed by atoms with van der Waals surface area (Å²) in [5, 5.41) is 0. The van der Waals surface area contributed by atoms with E-state index in [1.54, 1.807) is 14.2 Å². The molecule has 62 valence electrons. The molecule has 3 heteroatoms. The highest BCUT2D eigenvalue weighted by Crippen LogP contribution is 2.57. The summed E-state index contributed by atoms with van der Waals surface area (Å²) >= 11 is 0. The maximum absolute atomic E-state index is 11.3. The van der Waals surface area contributed by atoms with Gasteiger partial charge in [-0.3, -0.25) is 4.79 Å². The van der Waals surface area contributed by atoms with Gasteiger partial charge in [0.15, 0.2) is 5.78 Å². The Morgan fingerprint density at radius 3 is 2.36 bits per heavy atom. The van der Waals surface area contributed by atoms with Gasteiger partial charge in [0.1, 0.15) is 0 Å². The molecule has 0 N–H and O–H groups in total. The van der Waals surface area contributed by atoms with Crippen LogP contribution in [0.15, 0.2) is 0 Å². The van der Waals surface area contributed by atoms with Crippen molar-refractivity contribution in [3.63, 3.8) is 0 Å². The first-order chi connectivity index (χ1) is 5.24. The Hall–Kier alpha value is -0.410. The molecular weight excluding hydrogens is 144 g/mol. The summed E-state index contributed by atoms with van der Waals surface area (Å²) in [6, 6.07) is 0. The fourth-order valence-corrected chi connectivity index (χ4v) is 2.14. The Bertz CT molecular complexity index is 196. The molecule has 0 saturated heterocycles. The molecule has 3 nitrogen and oxygen atoms in total. The van der Waals surface area contributed by atoms with Crippen LogP contribution in [0.5, 0.6) is 0 Å². The average molecular weight is 156 g/mol. The lowest BCUT2D eigenvalue weighted by molar-refractivity contribution is -0.210. The van der Waals surface area contributed by atoms with Gasteiger partial charge in [-0.15, -0.1) is 0 Å². The summed E-state index contributed by atoms with van der Waals surface area (Å²) in [6.07, 6.45) is 1.74. The highest BCUT2D eigenvalue weighted by Gasteiger charge is 2.64. The van der Waals surface area contributed by atoms with E-state index < -0.39 is 5.79 Å². The maximum atomic E-state index is 11.3. The van der Waals surface area contributed by atoms with Crippen LogP contribution in [-0.2, 0) is 14.3 Å². The lowest BCUT2D eigenvalue weighted by Crippen LogP contribution is -2.41. The molecule has 11 heavy (non-hydrogen) atoms. The van der Waals surface area contributed by atoms with Gasteiger partial charge >= 0.3 is 0 Å². The second-order valence-electron chi connectivity index (χ2n) is 3.31. The first-order valence-corrected chi connectivity index (χ1v) is 3.88. The predicted octanol–water partition coefficient (Wildman–Crippen LogP) is 0.584. The van der Waals surface area contributed by atoms with Crippen molar-refractivity contribution in [1.82, 2.24) is 0 Å². The molecule has 0 aliphatic heterocycles. The molecule has 2 atom stereocenters. The summed E-state index contributed by atoms with van der Waals surface area (Å²) < 4.78 is 10.3. The molecule has 2 saturated carbocycles. The molecule has 0 unspecified atom stereocenters. The van der Waals surface area contributed by atoms with Crippen molar-refractivity contribution in [3.8, 4) is 0 Å². The van der Waals surface area contributed by atoms with Crippen molar-refractivity contribution in [1.29, 1.82) is 0 Å². The number of rotatable bonds is 2. The van der Waals surface area contributed by atoms with Gasteiger partial charge in [0.2, 0.25) is 5.79 Å². The van der Waals surface area contributed by atoms with E-state index in [1.165, 1.54) is 0 Å². The Kier molecular flexibility index (Phi) is 1.35. The summed E-state index contributed by atoms with van der Waals surface area (Å²) in [5.41, 5.74) is 0. The Morgan fingerprint density at radius 1 is 1.45 bits per heavy atom.